The molecule has 216 valence electrons. The summed E-state index contributed by atoms with van der Waals surface area (Å²) in [5.41, 5.74) is 4.53. The smallest absolute Gasteiger partial charge is 0.224 e. The van der Waals surface area contributed by atoms with E-state index in [1.165, 1.54) is 6.33 Å². The van der Waals surface area contributed by atoms with Gasteiger partial charge in [-0.3, -0.25) is 9.78 Å². The second-order valence-corrected chi connectivity index (χ2v) is 10.2. The third-order valence-electron chi connectivity index (χ3n) is 6.45. The van der Waals surface area contributed by atoms with Crippen molar-refractivity contribution in [3.63, 3.8) is 0 Å². The number of aromatic nitrogens is 4. The molecule has 0 radical (unpaired) electrons. The average Bonchev–Trinajstić information content (AvgIpc) is 3.43. The molecule has 0 aliphatic rings. The van der Waals surface area contributed by atoms with E-state index in [-0.39, 0.29) is 5.91 Å². The second-order valence-electron chi connectivity index (χ2n) is 9.79. The van der Waals surface area contributed by atoms with Gasteiger partial charge >= 0.3 is 0 Å². The van der Waals surface area contributed by atoms with Gasteiger partial charge < -0.3 is 30.0 Å². The van der Waals surface area contributed by atoms with Crippen molar-refractivity contribution in [3.8, 4) is 22.6 Å². The van der Waals surface area contributed by atoms with Crippen molar-refractivity contribution in [2.45, 2.75) is 20.0 Å². The van der Waals surface area contributed by atoms with Crippen LogP contribution in [0.3, 0.4) is 0 Å². The Kier molecular flexibility index (Phi) is 9.15. The third kappa shape index (κ3) is 6.96. The molecule has 0 spiro atoms. The van der Waals surface area contributed by atoms with Crippen LogP contribution in [0.1, 0.15) is 19.0 Å². The summed E-state index contributed by atoms with van der Waals surface area (Å²) in [5, 5.41) is 7.58. The Hall–Kier alpha value is -4.67. The minimum atomic E-state index is -0.0986. The summed E-state index contributed by atoms with van der Waals surface area (Å²) in [6, 6.07) is 16.9. The highest BCUT2D eigenvalue weighted by Crippen LogP contribution is 2.38. The number of likely N-dealkylation sites (N-methyl/N-ethyl adjacent to an activating group) is 1. The van der Waals surface area contributed by atoms with Gasteiger partial charge in [-0.1, -0.05) is 30.7 Å². The molecule has 2 aromatic carbocycles. The first-order valence-corrected chi connectivity index (χ1v) is 13.9. The standard InChI is InChI=1S/C31H32ClN7O3/c1-4-28(40)38-25-15-20(8-10-27(25)41-14-13-39(2)3)23-17-34-30-29(23)31(36-19-35-30)37-21-9-11-26(24(32)16-21)42-18-22-7-5-6-12-33-22/h5-12,15-17,19H,4,13-14,18H2,1-3H3,(H,38,40)(H2,34,35,36,37). The van der Waals surface area contributed by atoms with Crippen molar-refractivity contribution in [2.75, 3.05) is 37.9 Å². The molecule has 42 heavy (non-hydrogen) atoms. The van der Waals surface area contributed by atoms with Crippen LogP contribution in [0.15, 0.2) is 73.3 Å². The molecule has 0 saturated carbocycles. The fraction of sp³-hybridized carbons (Fsp3) is 0.226. The molecule has 0 fully saturated rings. The number of fused-ring (bicyclic) bond motifs is 1. The van der Waals surface area contributed by atoms with Gasteiger partial charge in [0.05, 0.1) is 21.8 Å². The van der Waals surface area contributed by atoms with Crippen molar-refractivity contribution < 1.29 is 14.3 Å². The Morgan fingerprint density at radius 3 is 2.64 bits per heavy atom. The highest BCUT2D eigenvalue weighted by Gasteiger charge is 2.16. The van der Waals surface area contributed by atoms with Crippen LogP contribution in [0, 0.1) is 0 Å². The summed E-state index contributed by atoms with van der Waals surface area (Å²) in [7, 11) is 3.97. The molecule has 10 nitrogen and oxygen atoms in total. The first kappa shape index (κ1) is 28.8. The van der Waals surface area contributed by atoms with E-state index in [0.717, 1.165) is 34.4 Å². The zero-order valence-corrected chi connectivity index (χ0v) is 24.4. The van der Waals surface area contributed by atoms with Gasteiger partial charge in [0.1, 0.15) is 42.5 Å². The quantitative estimate of drug-likeness (QED) is 0.156. The van der Waals surface area contributed by atoms with Crippen LogP contribution in [-0.4, -0.2) is 58.0 Å². The van der Waals surface area contributed by atoms with Gasteiger partial charge in [-0.25, -0.2) is 9.97 Å². The molecule has 0 aliphatic heterocycles. The molecule has 0 unspecified atom stereocenters. The fourth-order valence-corrected chi connectivity index (χ4v) is 4.49. The summed E-state index contributed by atoms with van der Waals surface area (Å²) in [6.45, 7) is 3.36. The largest absolute Gasteiger partial charge is 0.490 e. The number of hydrogen-bond donors (Lipinski definition) is 3. The molecule has 3 N–H and O–H groups in total. The number of anilines is 3. The zero-order valence-electron chi connectivity index (χ0n) is 23.6. The molecule has 0 saturated heterocycles. The number of nitrogens with zero attached hydrogens (tertiary/aromatic N) is 4. The fourth-order valence-electron chi connectivity index (χ4n) is 4.25. The summed E-state index contributed by atoms with van der Waals surface area (Å²) >= 11 is 6.55. The monoisotopic (exact) mass is 585 g/mol. The molecular formula is C31H32ClN7O3. The maximum absolute atomic E-state index is 12.3. The molecule has 0 aliphatic carbocycles. The minimum absolute atomic E-state index is 0.0986. The Bertz CT molecular complexity index is 1670. The second kappa shape index (κ2) is 13.3. The predicted molar refractivity (Wildman–Crippen MR) is 166 cm³/mol. The average molecular weight is 586 g/mol. The van der Waals surface area contributed by atoms with Gasteiger partial charge in [-0.15, -0.1) is 0 Å². The van der Waals surface area contributed by atoms with Crippen molar-refractivity contribution in [2.24, 2.45) is 0 Å². The molecule has 3 aromatic heterocycles. The third-order valence-corrected chi connectivity index (χ3v) is 6.74. The lowest BCUT2D eigenvalue weighted by molar-refractivity contribution is -0.115. The maximum Gasteiger partial charge on any atom is 0.224 e. The van der Waals surface area contributed by atoms with Crippen molar-refractivity contribution in [3.05, 3.63) is 84.0 Å². The number of halogens is 1. The van der Waals surface area contributed by atoms with Gasteiger partial charge in [0, 0.05) is 36.6 Å². The number of ether oxygens (including phenoxy) is 2. The Morgan fingerprint density at radius 2 is 1.88 bits per heavy atom. The molecule has 3 heterocycles. The minimum Gasteiger partial charge on any atom is -0.490 e. The molecule has 0 atom stereocenters. The number of amides is 1. The number of hydrogen-bond acceptors (Lipinski definition) is 8. The lowest BCUT2D eigenvalue weighted by atomic mass is 10.0. The van der Waals surface area contributed by atoms with Crippen molar-refractivity contribution in [1.29, 1.82) is 0 Å². The number of nitrogens with one attached hydrogen (secondary N) is 3. The first-order valence-electron chi connectivity index (χ1n) is 13.5. The Labute approximate surface area is 249 Å². The summed E-state index contributed by atoms with van der Waals surface area (Å²) in [5.74, 6) is 1.66. The van der Waals surface area contributed by atoms with Crippen molar-refractivity contribution >= 4 is 45.7 Å². The summed E-state index contributed by atoms with van der Waals surface area (Å²) < 4.78 is 11.9. The SMILES string of the molecule is CCC(=O)Nc1cc(-c2c[nH]c3ncnc(Nc4ccc(OCc5ccccn5)c(Cl)c4)c23)ccc1OCCN(C)C. The number of H-pyrrole nitrogens is 1. The van der Waals surface area contributed by atoms with Crippen LogP contribution in [0.4, 0.5) is 17.2 Å². The van der Waals surface area contributed by atoms with Crippen LogP contribution < -0.4 is 20.1 Å². The number of rotatable bonds is 12. The van der Waals surface area contributed by atoms with Crippen LogP contribution in [0.2, 0.25) is 5.02 Å². The number of aromatic amines is 1. The van der Waals surface area contributed by atoms with E-state index < -0.39 is 0 Å². The van der Waals surface area contributed by atoms with E-state index in [1.807, 2.05) is 80.6 Å². The molecule has 11 heteroatoms. The highest BCUT2D eigenvalue weighted by molar-refractivity contribution is 6.32. The van der Waals surface area contributed by atoms with Gasteiger partial charge in [-0.05, 0) is 62.1 Å². The van der Waals surface area contributed by atoms with Crippen LogP contribution in [-0.2, 0) is 11.4 Å². The van der Waals surface area contributed by atoms with Crippen LogP contribution in [0.25, 0.3) is 22.2 Å². The zero-order chi connectivity index (χ0) is 29.5. The summed E-state index contributed by atoms with van der Waals surface area (Å²) in [6.07, 6.45) is 5.44. The van der Waals surface area contributed by atoms with E-state index >= 15 is 0 Å². The van der Waals surface area contributed by atoms with Gasteiger partial charge in [-0.2, -0.15) is 0 Å². The van der Waals surface area contributed by atoms with Crippen molar-refractivity contribution in [1.82, 2.24) is 24.8 Å². The predicted octanol–water partition coefficient (Wildman–Crippen LogP) is 6.28. The normalized spacial score (nSPS) is 11.1. The number of carbonyl (C=O) groups excluding carboxylic acids is 1. The molecular weight excluding hydrogens is 554 g/mol. The van der Waals surface area contributed by atoms with Gasteiger partial charge in [0.2, 0.25) is 5.91 Å². The summed E-state index contributed by atoms with van der Waals surface area (Å²) in [4.78, 5) is 30.8. The van der Waals surface area contributed by atoms with Gasteiger partial charge in [0.15, 0.2) is 0 Å². The van der Waals surface area contributed by atoms with E-state index in [4.69, 9.17) is 21.1 Å². The molecule has 1 amide bonds. The molecule has 5 rings (SSSR count). The number of pyridine rings is 1. The van der Waals surface area contributed by atoms with Gasteiger partial charge in [0.25, 0.3) is 0 Å². The first-order chi connectivity index (χ1) is 20.4. The van der Waals surface area contributed by atoms with E-state index in [0.29, 0.717) is 53.3 Å². The highest BCUT2D eigenvalue weighted by atomic mass is 35.5. The number of carbonyl (C=O) groups is 1. The van der Waals surface area contributed by atoms with E-state index in [2.05, 4.69) is 30.6 Å². The maximum atomic E-state index is 12.3. The lowest BCUT2D eigenvalue weighted by Gasteiger charge is -2.16. The molecule has 5 aromatic rings. The van der Waals surface area contributed by atoms with E-state index in [1.54, 1.807) is 12.3 Å². The molecule has 0 bridgehead atoms. The van der Waals surface area contributed by atoms with Crippen LogP contribution in [0.5, 0.6) is 11.5 Å². The van der Waals surface area contributed by atoms with Crippen LogP contribution >= 0.6 is 11.6 Å². The lowest BCUT2D eigenvalue weighted by Crippen LogP contribution is -2.20. The Balaban J connectivity index is 1.41. The number of benzene rings is 2. The van der Waals surface area contributed by atoms with E-state index in [9.17, 15) is 4.79 Å². The topological polar surface area (TPSA) is 117 Å². The Morgan fingerprint density at radius 1 is 1.02 bits per heavy atom.